The van der Waals surface area contributed by atoms with E-state index in [0.29, 0.717) is 29.5 Å². The molecular weight excluding hydrogens is 440 g/mol. The van der Waals surface area contributed by atoms with Crippen molar-refractivity contribution in [2.24, 2.45) is 0 Å². The zero-order chi connectivity index (χ0) is 21.6. The van der Waals surface area contributed by atoms with Crippen LogP contribution in [0.15, 0.2) is 29.0 Å². The summed E-state index contributed by atoms with van der Waals surface area (Å²) in [5, 5.41) is 5.39. The maximum Gasteiger partial charge on any atom is 0.161 e. The Labute approximate surface area is 185 Å². The fourth-order valence-corrected chi connectivity index (χ4v) is 6.11. The van der Waals surface area contributed by atoms with Gasteiger partial charge in [-0.2, -0.15) is 0 Å². The molecular formula is C21H26N2O4S3. The Morgan fingerprint density at radius 1 is 1.00 bits per heavy atom. The molecule has 162 valence electrons. The van der Waals surface area contributed by atoms with Crippen molar-refractivity contribution in [2.75, 3.05) is 13.7 Å². The van der Waals surface area contributed by atoms with Crippen LogP contribution in [0.1, 0.15) is 43.1 Å². The largest absolute Gasteiger partial charge is 0.493 e. The Kier molecular flexibility index (Phi) is 7.85. The lowest BCUT2D eigenvalue weighted by Gasteiger charge is -2.09. The Balaban J connectivity index is 1.69. The van der Waals surface area contributed by atoms with Crippen molar-refractivity contribution < 1.29 is 17.9 Å². The summed E-state index contributed by atoms with van der Waals surface area (Å²) >= 11 is 2.95. The molecule has 0 aliphatic heterocycles. The van der Waals surface area contributed by atoms with Gasteiger partial charge < -0.3 is 9.47 Å². The molecule has 0 N–H and O–H groups in total. The van der Waals surface area contributed by atoms with Crippen LogP contribution in [-0.4, -0.2) is 32.1 Å². The minimum Gasteiger partial charge on any atom is -0.493 e. The summed E-state index contributed by atoms with van der Waals surface area (Å²) in [6, 6.07) is 5.60. The highest BCUT2D eigenvalue weighted by Gasteiger charge is 2.18. The summed E-state index contributed by atoms with van der Waals surface area (Å²) in [6.07, 6.45) is 3.07. The minimum atomic E-state index is -3.35. The summed E-state index contributed by atoms with van der Waals surface area (Å²) in [5.74, 6) is 1.14. The molecule has 0 aliphatic carbocycles. The van der Waals surface area contributed by atoms with Crippen LogP contribution >= 0.6 is 22.7 Å². The van der Waals surface area contributed by atoms with E-state index in [1.165, 1.54) is 22.7 Å². The molecule has 0 fully saturated rings. The number of sulfone groups is 1. The lowest BCUT2D eigenvalue weighted by molar-refractivity contribution is 0.311. The van der Waals surface area contributed by atoms with E-state index in [2.05, 4.69) is 16.9 Å². The SMILES string of the molecule is CCCCc1nc(CS(=O)(=O)Cc2csc(-c3ccc(OCC)c(OC)c3)n2)cs1. The highest BCUT2D eigenvalue weighted by molar-refractivity contribution is 7.89. The van der Waals surface area contributed by atoms with Crippen molar-refractivity contribution in [3.05, 3.63) is 45.4 Å². The molecule has 2 aromatic heterocycles. The first-order valence-electron chi connectivity index (χ1n) is 9.83. The van der Waals surface area contributed by atoms with Crippen molar-refractivity contribution in [3.63, 3.8) is 0 Å². The van der Waals surface area contributed by atoms with Gasteiger partial charge in [-0.1, -0.05) is 13.3 Å². The Morgan fingerprint density at radius 3 is 2.43 bits per heavy atom. The number of unbranched alkanes of at least 4 members (excludes halogenated alkanes) is 1. The van der Waals surface area contributed by atoms with Gasteiger partial charge in [-0.3, -0.25) is 0 Å². The number of methoxy groups -OCH3 is 1. The fraction of sp³-hybridized carbons (Fsp3) is 0.429. The summed E-state index contributed by atoms with van der Waals surface area (Å²) in [6.45, 7) is 4.59. The molecule has 0 radical (unpaired) electrons. The van der Waals surface area contributed by atoms with Gasteiger partial charge in [0.25, 0.3) is 0 Å². The first kappa shape index (κ1) is 22.7. The molecule has 0 amide bonds. The normalized spacial score (nSPS) is 11.6. The van der Waals surface area contributed by atoms with Crippen LogP contribution in [-0.2, 0) is 27.8 Å². The third-order valence-corrected chi connectivity index (χ3v) is 7.71. The molecule has 0 unspecified atom stereocenters. The first-order chi connectivity index (χ1) is 14.4. The average Bonchev–Trinajstić information content (AvgIpc) is 3.35. The van der Waals surface area contributed by atoms with Crippen molar-refractivity contribution in [1.29, 1.82) is 0 Å². The van der Waals surface area contributed by atoms with Crippen molar-refractivity contribution in [2.45, 2.75) is 44.6 Å². The number of rotatable bonds is 11. The maximum atomic E-state index is 12.6. The second-order valence-electron chi connectivity index (χ2n) is 6.81. The van der Waals surface area contributed by atoms with Gasteiger partial charge in [0.1, 0.15) is 5.01 Å². The van der Waals surface area contributed by atoms with Crippen LogP contribution in [0.4, 0.5) is 0 Å². The van der Waals surface area contributed by atoms with Gasteiger partial charge >= 0.3 is 0 Å². The van der Waals surface area contributed by atoms with E-state index in [0.717, 1.165) is 34.8 Å². The molecule has 30 heavy (non-hydrogen) atoms. The van der Waals surface area contributed by atoms with Gasteiger partial charge in [0.2, 0.25) is 0 Å². The third-order valence-electron chi connectivity index (χ3n) is 4.34. The number of aryl methyl sites for hydroxylation is 1. The van der Waals surface area contributed by atoms with Gasteiger partial charge in [-0.25, -0.2) is 18.4 Å². The van der Waals surface area contributed by atoms with Gasteiger partial charge in [0, 0.05) is 16.3 Å². The Hall–Kier alpha value is -1.97. The number of aromatic nitrogens is 2. The van der Waals surface area contributed by atoms with Gasteiger partial charge in [0.05, 0.1) is 41.6 Å². The van der Waals surface area contributed by atoms with Crippen LogP contribution in [0.3, 0.4) is 0 Å². The molecule has 0 aliphatic rings. The predicted molar refractivity (Wildman–Crippen MR) is 122 cm³/mol. The third kappa shape index (κ3) is 6.02. The lowest BCUT2D eigenvalue weighted by atomic mass is 10.2. The van der Waals surface area contributed by atoms with E-state index in [-0.39, 0.29) is 11.5 Å². The quantitative estimate of drug-likeness (QED) is 0.390. The van der Waals surface area contributed by atoms with Crippen LogP contribution in [0.5, 0.6) is 11.5 Å². The topological polar surface area (TPSA) is 78.4 Å². The molecule has 0 bridgehead atoms. The van der Waals surface area contributed by atoms with Crippen LogP contribution in [0.2, 0.25) is 0 Å². The summed E-state index contributed by atoms with van der Waals surface area (Å²) in [4.78, 5) is 8.99. The van der Waals surface area contributed by atoms with Crippen LogP contribution in [0, 0.1) is 0 Å². The summed E-state index contributed by atoms with van der Waals surface area (Å²) < 4.78 is 36.2. The van der Waals surface area contributed by atoms with E-state index in [1.54, 1.807) is 12.5 Å². The van der Waals surface area contributed by atoms with E-state index in [4.69, 9.17) is 9.47 Å². The van der Waals surface area contributed by atoms with Crippen LogP contribution in [0.25, 0.3) is 10.6 Å². The molecule has 3 aromatic rings. The first-order valence-corrected chi connectivity index (χ1v) is 13.4. The van der Waals surface area contributed by atoms with Crippen molar-refractivity contribution >= 4 is 32.5 Å². The molecule has 3 rings (SSSR count). The summed E-state index contributed by atoms with van der Waals surface area (Å²) in [7, 11) is -1.76. The maximum absolute atomic E-state index is 12.6. The zero-order valence-corrected chi connectivity index (χ0v) is 19.8. The van der Waals surface area contributed by atoms with Gasteiger partial charge in [-0.05, 0) is 38.0 Å². The number of thiazole rings is 2. The number of ether oxygens (including phenoxy) is 2. The van der Waals surface area contributed by atoms with Crippen molar-refractivity contribution in [1.82, 2.24) is 9.97 Å². The highest BCUT2D eigenvalue weighted by atomic mass is 32.2. The minimum absolute atomic E-state index is 0.0562. The number of hydrogen-bond acceptors (Lipinski definition) is 8. The smallest absolute Gasteiger partial charge is 0.161 e. The predicted octanol–water partition coefficient (Wildman–Crippen LogP) is 5.13. The average molecular weight is 467 g/mol. The molecule has 1 aromatic carbocycles. The Bertz CT molecular complexity index is 1070. The molecule has 2 heterocycles. The second kappa shape index (κ2) is 10.4. The van der Waals surface area contributed by atoms with Crippen LogP contribution < -0.4 is 9.47 Å². The Morgan fingerprint density at radius 2 is 1.73 bits per heavy atom. The lowest BCUT2D eigenvalue weighted by Crippen LogP contribution is -2.08. The van der Waals surface area contributed by atoms with E-state index in [9.17, 15) is 8.42 Å². The number of nitrogens with zero attached hydrogens (tertiary/aromatic N) is 2. The monoisotopic (exact) mass is 466 g/mol. The summed E-state index contributed by atoms with van der Waals surface area (Å²) in [5.41, 5.74) is 2.03. The molecule has 0 spiro atoms. The number of benzene rings is 1. The van der Waals surface area contributed by atoms with E-state index in [1.807, 2.05) is 30.5 Å². The highest BCUT2D eigenvalue weighted by Crippen LogP contribution is 2.34. The van der Waals surface area contributed by atoms with Gasteiger partial charge in [-0.15, -0.1) is 22.7 Å². The zero-order valence-electron chi connectivity index (χ0n) is 17.4. The molecule has 0 atom stereocenters. The molecule has 6 nitrogen and oxygen atoms in total. The van der Waals surface area contributed by atoms with E-state index < -0.39 is 9.84 Å². The van der Waals surface area contributed by atoms with Crippen molar-refractivity contribution in [3.8, 4) is 22.1 Å². The van der Waals surface area contributed by atoms with Gasteiger partial charge in [0.15, 0.2) is 21.3 Å². The standard InChI is InChI=1S/C21H26N2O4S3/c1-4-6-7-20-22-16(11-28-20)13-30(24,25)14-17-12-29-21(23-17)15-8-9-18(27-5-2)19(10-15)26-3/h8-12H,4-7,13-14H2,1-3H3. The fourth-order valence-electron chi connectivity index (χ4n) is 2.94. The molecule has 0 saturated heterocycles. The second-order valence-corrected chi connectivity index (χ2v) is 10.7. The molecule has 0 saturated carbocycles. The number of hydrogen-bond donors (Lipinski definition) is 0. The van der Waals surface area contributed by atoms with E-state index >= 15 is 0 Å². The molecule has 9 heteroatoms.